The van der Waals surface area contributed by atoms with E-state index in [9.17, 15) is 14.3 Å². The molecule has 0 aromatic heterocycles. The molecule has 0 aromatic rings. The molecule has 0 aliphatic carbocycles. The maximum absolute atomic E-state index is 12.0. The Hall–Kier alpha value is -0.340. The number of hydrogen-bond acceptors (Lipinski definition) is 7. The Balaban J connectivity index is 3.61. The predicted molar refractivity (Wildman–Crippen MR) is 144 cm³/mol. The highest BCUT2D eigenvalue weighted by atomic mass is 31.2. The summed E-state index contributed by atoms with van der Waals surface area (Å²) in [5, 5.41) is 0. The lowest BCUT2D eigenvalue weighted by Crippen LogP contribution is -2.37. The Morgan fingerprint density at radius 2 is 1.31 bits per heavy atom. The minimum Gasteiger partial charge on any atom is -0.756 e. The van der Waals surface area contributed by atoms with Crippen LogP contribution in [-0.2, 0) is 27.9 Å². The van der Waals surface area contributed by atoms with Crippen LogP contribution in [0.25, 0.3) is 0 Å². The van der Waals surface area contributed by atoms with Gasteiger partial charge >= 0.3 is 0 Å². The quantitative estimate of drug-likeness (QED) is 0.0757. The smallest absolute Gasteiger partial charge is 0.268 e. The van der Waals surface area contributed by atoms with Crippen molar-refractivity contribution >= 4 is 13.6 Å². The summed E-state index contributed by atoms with van der Waals surface area (Å²) in [7, 11) is 3.01. The van der Waals surface area contributed by atoms with Crippen LogP contribution in [0, 0.1) is 0 Å². The molecule has 8 nitrogen and oxygen atoms in total. The molecule has 0 spiro atoms. The topological polar surface area (TPSA) is 94.1 Å². The lowest BCUT2D eigenvalue weighted by Gasteiger charge is -2.28. The second-order valence-electron chi connectivity index (χ2n) is 10.8. The summed E-state index contributed by atoms with van der Waals surface area (Å²) in [6, 6.07) is 0. The van der Waals surface area contributed by atoms with Gasteiger partial charge in [-0.25, -0.2) is 0 Å². The lowest BCUT2D eigenvalue weighted by molar-refractivity contribution is -0.870. The predicted octanol–water partition coefficient (Wildman–Crippen LogP) is 5.67. The number of nitrogens with zero attached hydrogens (tertiary/aromatic N) is 1. The molecule has 0 radical (unpaired) electrons. The minimum atomic E-state index is -4.35. The summed E-state index contributed by atoms with van der Waals surface area (Å²) in [5.74, 6) is 0.397. The van der Waals surface area contributed by atoms with Gasteiger partial charge in [0.1, 0.15) is 25.0 Å². The average molecular weight is 538 g/mol. The van der Waals surface area contributed by atoms with E-state index in [1.54, 1.807) is 0 Å². The van der Waals surface area contributed by atoms with Crippen LogP contribution in [0.15, 0.2) is 0 Å². The van der Waals surface area contributed by atoms with Crippen molar-refractivity contribution in [3.05, 3.63) is 0 Å². The van der Waals surface area contributed by atoms with Crippen molar-refractivity contribution < 1.29 is 37.3 Å². The van der Waals surface area contributed by atoms with Crippen molar-refractivity contribution in [2.75, 3.05) is 61.2 Å². The van der Waals surface area contributed by atoms with Gasteiger partial charge in [-0.05, 0) is 19.3 Å². The van der Waals surface area contributed by atoms with Crippen LogP contribution in [-0.4, -0.2) is 77.6 Å². The van der Waals surface area contributed by atoms with Crippen molar-refractivity contribution in [2.45, 2.75) is 109 Å². The van der Waals surface area contributed by atoms with Gasteiger partial charge in [0.15, 0.2) is 0 Å². The van der Waals surface area contributed by atoms with E-state index in [0.717, 1.165) is 38.5 Å². The van der Waals surface area contributed by atoms with Gasteiger partial charge in [0.05, 0.1) is 34.4 Å². The van der Waals surface area contributed by atoms with Gasteiger partial charge < -0.3 is 27.9 Å². The molecule has 0 heterocycles. The van der Waals surface area contributed by atoms with Crippen LogP contribution in [0.4, 0.5) is 0 Å². The second kappa shape index (κ2) is 22.6. The number of rotatable bonds is 27. The standard InChI is InChI=1S/C27H56NO7P/c1-6-7-8-9-10-11-12-13-16-19-26(29)20-17-14-15-18-22-33-24-27(32-5)25-35-36(30,31)34-23-21-28(2,3)4/h27H,6-25H2,1-5H3. The third-order valence-corrected chi connectivity index (χ3v) is 7.08. The summed E-state index contributed by atoms with van der Waals surface area (Å²) in [4.78, 5) is 23.9. The van der Waals surface area contributed by atoms with Crippen LogP contribution in [0.1, 0.15) is 103 Å². The third kappa shape index (κ3) is 25.3. The van der Waals surface area contributed by atoms with Crippen molar-refractivity contribution in [3.63, 3.8) is 0 Å². The number of quaternary nitrogens is 1. The fraction of sp³-hybridized carbons (Fsp3) is 0.963. The van der Waals surface area contributed by atoms with E-state index in [1.807, 2.05) is 21.1 Å². The highest BCUT2D eigenvalue weighted by molar-refractivity contribution is 7.45. The van der Waals surface area contributed by atoms with Crippen LogP contribution in [0.5, 0.6) is 0 Å². The number of carbonyl (C=O) groups excluding carboxylic acids is 1. The molecule has 0 bridgehead atoms. The molecule has 0 aliphatic rings. The first kappa shape index (κ1) is 35.7. The van der Waals surface area contributed by atoms with E-state index in [4.69, 9.17) is 18.5 Å². The first-order chi connectivity index (χ1) is 17.1. The van der Waals surface area contributed by atoms with Crippen molar-refractivity contribution in [3.8, 4) is 0 Å². The Labute approximate surface area is 221 Å². The van der Waals surface area contributed by atoms with Gasteiger partial charge in [-0.1, -0.05) is 71.1 Å². The molecule has 36 heavy (non-hydrogen) atoms. The Bertz CT molecular complexity index is 569. The molecule has 0 saturated heterocycles. The van der Waals surface area contributed by atoms with Crippen molar-refractivity contribution in [1.82, 2.24) is 0 Å². The summed E-state index contributed by atoms with van der Waals surface area (Å²) in [6.07, 6.45) is 16.3. The molecule has 216 valence electrons. The molecule has 0 saturated carbocycles. The number of unbranched alkanes of at least 4 members (excludes halogenated alkanes) is 11. The molecule has 9 heteroatoms. The van der Waals surface area contributed by atoms with E-state index in [0.29, 0.717) is 29.8 Å². The monoisotopic (exact) mass is 537 g/mol. The molecular formula is C27H56NO7P. The number of ether oxygens (including phenoxy) is 2. The molecule has 0 rings (SSSR count). The number of methoxy groups -OCH3 is 1. The fourth-order valence-electron chi connectivity index (χ4n) is 3.67. The Morgan fingerprint density at radius 3 is 1.83 bits per heavy atom. The zero-order chi connectivity index (χ0) is 27.1. The number of hydrogen-bond donors (Lipinski definition) is 0. The largest absolute Gasteiger partial charge is 0.756 e. The summed E-state index contributed by atoms with van der Waals surface area (Å²) >= 11 is 0. The van der Waals surface area contributed by atoms with E-state index < -0.39 is 13.9 Å². The molecule has 2 unspecified atom stereocenters. The summed E-state index contributed by atoms with van der Waals surface area (Å²) in [5.41, 5.74) is 0. The van der Waals surface area contributed by atoms with Gasteiger partial charge in [0.25, 0.3) is 7.82 Å². The number of likely N-dealkylation sites (N-methyl/N-ethyl adjacent to an activating group) is 1. The van der Waals surface area contributed by atoms with Crippen LogP contribution >= 0.6 is 7.82 Å². The van der Waals surface area contributed by atoms with Gasteiger partial charge in [-0.2, -0.15) is 0 Å². The first-order valence-electron chi connectivity index (χ1n) is 14.1. The molecule has 2 atom stereocenters. The Kier molecular flexibility index (Phi) is 22.4. The van der Waals surface area contributed by atoms with E-state index >= 15 is 0 Å². The first-order valence-corrected chi connectivity index (χ1v) is 15.6. The normalized spacial score (nSPS) is 14.6. The zero-order valence-electron chi connectivity index (χ0n) is 24.0. The maximum atomic E-state index is 12.0. The molecule has 0 fully saturated rings. The SMILES string of the molecule is CCCCCCCCCCCC(=O)CCCCCCOCC(COP(=O)([O-])OCC[N+](C)(C)C)OC. The number of phosphoric acid groups is 1. The van der Waals surface area contributed by atoms with Crippen LogP contribution in [0.3, 0.4) is 0 Å². The average Bonchev–Trinajstić information content (AvgIpc) is 2.80. The van der Waals surface area contributed by atoms with Crippen molar-refractivity contribution in [2.24, 2.45) is 0 Å². The zero-order valence-corrected chi connectivity index (χ0v) is 24.9. The summed E-state index contributed by atoms with van der Waals surface area (Å²) in [6.45, 7) is 3.56. The van der Waals surface area contributed by atoms with E-state index in [1.165, 1.54) is 58.5 Å². The summed E-state index contributed by atoms with van der Waals surface area (Å²) < 4.78 is 33.1. The van der Waals surface area contributed by atoms with Gasteiger partial charge in [0, 0.05) is 26.6 Å². The van der Waals surface area contributed by atoms with Gasteiger partial charge in [0.2, 0.25) is 0 Å². The van der Waals surface area contributed by atoms with Crippen LogP contribution < -0.4 is 4.89 Å². The number of Topliss-reactive ketones (excluding diaryl/α,β-unsaturated/α-hetero) is 1. The third-order valence-electron chi connectivity index (χ3n) is 6.12. The number of phosphoric ester groups is 1. The minimum absolute atomic E-state index is 0.0727. The number of carbonyl (C=O) groups is 1. The van der Waals surface area contributed by atoms with Gasteiger partial charge in [-0.3, -0.25) is 9.36 Å². The highest BCUT2D eigenvalue weighted by Gasteiger charge is 2.17. The molecular weight excluding hydrogens is 481 g/mol. The number of ketones is 1. The van der Waals surface area contributed by atoms with E-state index in [2.05, 4.69) is 6.92 Å². The second-order valence-corrected chi connectivity index (χ2v) is 12.2. The molecule has 0 amide bonds. The highest BCUT2D eigenvalue weighted by Crippen LogP contribution is 2.38. The van der Waals surface area contributed by atoms with Crippen molar-refractivity contribution in [1.29, 1.82) is 0 Å². The molecule has 0 N–H and O–H groups in total. The van der Waals surface area contributed by atoms with Crippen LogP contribution in [0.2, 0.25) is 0 Å². The van der Waals surface area contributed by atoms with E-state index in [-0.39, 0.29) is 19.8 Å². The van der Waals surface area contributed by atoms with Gasteiger partial charge in [-0.15, -0.1) is 0 Å². The molecule has 0 aromatic carbocycles. The lowest BCUT2D eigenvalue weighted by atomic mass is 10.0. The fourth-order valence-corrected chi connectivity index (χ4v) is 4.40. The maximum Gasteiger partial charge on any atom is 0.268 e. The molecule has 0 aliphatic heterocycles. The Morgan fingerprint density at radius 1 is 0.778 bits per heavy atom.